The van der Waals surface area contributed by atoms with Gasteiger partial charge in [0.15, 0.2) is 6.17 Å². The topological polar surface area (TPSA) is 45.5 Å². The number of hydrogen-bond donors (Lipinski definition) is 1. The summed E-state index contributed by atoms with van der Waals surface area (Å²) in [4.78, 5) is 13.0. The molecule has 0 saturated carbocycles. The van der Waals surface area contributed by atoms with Crippen LogP contribution in [0.3, 0.4) is 0 Å². The van der Waals surface area contributed by atoms with Gasteiger partial charge in [0.1, 0.15) is 11.6 Å². The molecule has 0 radical (unpaired) electrons. The number of hydrogen-bond acceptors (Lipinski definition) is 2. The van der Waals surface area contributed by atoms with Crippen molar-refractivity contribution in [2.75, 3.05) is 13.1 Å². The molecule has 1 N–H and O–H groups in total. The highest BCUT2D eigenvalue weighted by Crippen LogP contribution is 2.30. The Morgan fingerprint density at radius 2 is 1.62 bits per heavy atom. The third-order valence-corrected chi connectivity index (χ3v) is 4.85. The van der Waals surface area contributed by atoms with Crippen molar-refractivity contribution in [2.24, 2.45) is 0 Å². The smallest absolute Gasteiger partial charge is 0.257 e. The Bertz CT molecular complexity index is 942. The fourth-order valence-electron chi connectivity index (χ4n) is 3.65. The zero-order valence-corrected chi connectivity index (χ0v) is 13.8. The van der Waals surface area contributed by atoms with Gasteiger partial charge in [0.2, 0.25) is 0 Å². The normalized spacial score (nSPS) is 19.0. The van der Waals surface area contributed by atoms with Gasteiger partial charge in [0.25, 0.3) is 5.91 Å². The van der Waals surface area contributed by atoms with Crippen LogP contribution in [0.1, 0.15) is 6.42 Å². The van der Waals surface area contributed by atoms with Crippen molar-refractivity contribution in [1.29, 1.82) is 0 Å². The van der Waals surface area contributed by atoms with Crippen molar-refractivity contribution < 1.29 is 23.1 Å². The van der Waals surface area contributed by atoms with E-state index in [1.807, 2.05) is 0 Å². The average Bonchev–Trinajstić information content (AvgIpc) is 3.07. The monoisotopic (exact) mass is 362 g/mol. The van der Waals surface area contributed by atoms with Crippen LogP contribution in [0.5, 0.6) is 0 Å². The van der Waals surface area contributed by atoms with Crippen LogP contribution >= 0.6 is 0 Å². The van der Waals surface area contributed by atoms with Crippen molar-refractivity contribution in [3.63, 3.8) is 0 Å². The second-order valence-corrected chi connectivity index (χ2v) is 6.63. The average molecular weight is 362 g/mol. The van der Waals surface area contributed by atoms with Gasteiger partial charge in [0.05, 0.1) is 12.6 Å². The number of aliphatic hydroxyl groups is 1. The molecule has 0 unspecified atom stereocenters. The van der Waals surface area contributed by atoms with Crippen LogP contribution in [0.2, 0.25) is 0 Å². The summed E-state index contributed by atoms with van der Waals surface area (Å²) in [5.74, 6) is -1.47. The number of carbonyl (C=O) groups excluding carboxylic acids is 1. The van der Waals surface area contributed by atoms with E-state index >= 15 is 0 Å². The summed E-state index contributed by atoms with van der Waals surface area (Å²) in [5, 5.41) is 11.5. The van der Waals surface area contributed by atoms with Gasteiger partial charge in [0, 0.05) is 41.3 Å². The fraction of sp³-hybridized carbons (Fsp3) is 0.316. The lowest BCUT2D eigenvalue weighted by Crippen LogP contribution is -2.37. The molecule has 1 aliphatic heterocycles. The zero-order valence-electron chi connectivity index (χ0n) is 13.8. The molecule has 1 aliphatic rings. The molecule has 4 nitrogen and oxygen atoms in total. The number of alkyl halides is 1. The Morgan fingerprint density at radius 3 is 2.12 bits per heavy atom. The summed E-state index contributed by atoms with van der Waals surface area (Å²) in [7, 11) is 0. The van der Waals surface area contributed by atoms with Gasteiger partial charge in [-0.15, -0.1) is 0 Å². The van der Waals surface area contributed by atoms with Crippen LogP contribution in [0, 0.1) is 11.6 Å². The van der Waals surface area contributed by atoms with Crippen molar-refractivity contribution in [3.8, 4) is 0 Å². The Hall–Kier alpha value is -2.54. The molecular weight excluding hydrogens is 345 g/mol. The summed E-state index contributed by atoms with van der Waals surface area (Å²) in [5.41, 5.74) is 1.31. The van der Waals surface area contributed by atoms with Crippen LogP contribution in [0.4, 0.5) is 13.2 Å². The summed E-state index contributed by atoms with van der Waals surface area (Å²) in [6.45, 7) is 0.418. The number of benzene rings is 2. The van der Waals surface area contributed by atoms with Crippen LogP contribution in [0.15, 0.2) is 36.4 Å². The van der Waals surface area contributed by atoms with E-state index in [0.29, 0.717) is 21.8 Å². The van der Waals surface area contributed by atoms with Crippen LogP contribution < -0.4 is 0 Å². The van der Waals surface area contributed by atoms with Crippen LogP contribution in [-0.4, -0.2) is 45.8 Å². The van der Waals surface area contributed by atoms with Gasteiger partial charge in [-0.25, -0.2) is 13.2 Å². The minimum Gasteiger partial charge on any atom is -0.389 e. The number of aromatic nitrogens is 1. The van der Waals surface area contributed by atoms with E-state index in [1.54, 1.807) is 16.7 Å². The van der Waals surface area contributed by atoms with E-state index in [2.05, 4.69) is 0 Å². The highest BCUT2D eigenvalue weighted by Gasteiger charge is 2.32. The van der Waals surface area contributed by atoms with Gasteiger partial charge in [-0.1, -0.05) is 0 Å². The first kappa shape index (κ1) is 16.9. The number of rotatable bonds is 4. The minimum atomic E-state index is -1.50. The van der Waals surface area contributed by atoms with Crippen molar-refractivity contribution in [2.45, 2.75) is 25.2 Å². The number of fused-ring (bicyclic) bond motifs is 3. The summed E-state index contributed by atoms with van der Waals surface area (Å²) < 4.78 is 42.4. The number of nitrogens with zero attached hydrogens (tertiary/aromatic N) is 2. The van der Waals surface area contributed by atoms with Crippen molar-refractivity contribution in [1.82, 2.24) is 9.47 Å². The second kappa shape index (κ2) is 6.32. The maximum Gasteiger partial charge on any atom is 0.257 e. The molecular formula is C19H17F3N2O2. The Labute approximate surface area is 147 Å². The molecule has 0 bridgehead atoms. The van der Waals surface area contributed by atoms with E-state index in [9.17, 15) is 23.1 Å². The molecule has 1 fully saturated rings. The minimum absolute atomic E-state index is 0.0167. The number of β-amino-alcohol motifs (C(OH)–C–C–N with tert-alkyl or cyclic N) is 1. The molecule has 1 saturated heterocycles. The fourth-order valence-corrected chi connectivity index (χ4v) is 3.65. The molecule has 0 spiro atoms. The molecule has 2 atom stereocenters. The Kier molecular flexibility index (Phi) is 4.11. The Morgan fingerprint density at radius 1 is 1.04 bits per heavy atom. The number of amides is 1. The maximum absolute atomic E-state index is 13.7. The first-order chi connectivity index (χ1) is 12.4. The van der Waals surface area contributed by atoms with Crippen LogP contribution in [0.25, 0.3) is 21.8 Å². The molecule has 4 rings (SSSR count). The van der Waals surface area contributed by atoms with Gasteiger partial charge < -0.3 is 14.6 Å². The SMILES string of the molecule is O=C1[C@H](F)CCN1C[C@@H](O)Cn1c2ccc(F)cc2c2cc(F)ccc21. The highest BCUT2D eigenvalue weighted by molar-refractivity contribution is 6.08. The van der Waals surface area contributed by atoms with Crippen molar-refractivity contribution in [3.05, 3.63) is 48.0 Å². The standard InChI is InChI=1S/C19H17F3N2O2/c20-11-1-3-17-14(7-11)15-8-12(21)2-4-18(15)24(17)10-13(25)9-23-6-5-16(22)19(23)26/h1-4,7-8,13,16,25H,5-6,9-10H2/t13-,16-/m1/s1. The molecule has 0 aliphatic carbocycles. The molecule has 7 heteroatoms. The molecule has 26 heavy (non-hydrogen) atoms. The van der Waals surface area contributed by atoms with E-state index in [1.165, 1.54) is 29.2 Å². The number of aliphatic hydroxyl groups excluding tert-OH is 1. The molecule has 136 valence electrons. The van der Waals surface area contributed by atoms with E-state index in [-0.39, 0.29) is 26.1 Å². The molecule has 3 aromatic rings. The Balaban J connectivity index is 1.70. The summed E-state index contributed by atoms with van der Waals surface area (Å²) in [6.07, 6.45) is -2.29. The zero-order chi connectivity index (χ0) is 18.4. The molecule has 2 heterocycles. The maximum atomic E-state index is 13.7. The molecule has 1 amide bonds. The van der Waals surface area contributed by atoms with E-state index < -0.39 is 29.8 Å². The van der Waals surface area contributed by atoms with Gasteiger partial charge >= 0.3 is 0 Å². The van der Waals surface area contributed by atoms with Crippen LogP contribution in [-0.2, 0) is 11.3 Å². The van der Waals surface area contributed by atoms with Gasteiger partial charge in [-0.05, 0) is 36.4 Å². The van der Waals surface area contributed by atoms with Gasteiger partial charge in [-0.2, -0.15) is 0 Å². The lowest BCUT2D eigenvalue weighted by molar-refractivity contribution is -0.133. The molecule has 1 aromatic heterocycles. The number of carbonyl (C=O) groups is 1. The highest BCUT2D eigenvalue weighted by atomic mass is 19.1. The lowest BCUT2D eigenvalue weighted by Gasteiger charge is -2.21. The first-order valence-electron chi connectivity index (χ1n) is 8.42. The second-order valence-electron chi connectivity index (χ2n) is 6.63. The largest absolute Gasteiger partial charge is 0.389 e. The predicted molar refractivity (Wildman–Crippen MR) is 91.5 cm³/mol. The number of halogens is 3. The van der Waals surface area contributed by atoms with Crippen molar-refractivity contribution >= 4 is 27.7 Å². The first-order valence-corrected chi connectivity index (χ1v) is 8.42. The van der Waals surface area contributed by atoms with Gasteiger partial charge in [-0.3, -0.25) is 4.79 Å². The third kappa shape index (κ3) is 2.82. The lowest BCUT2D eigenvalue weighted by atomic mass is 10.1. The predicted octanol–water partition coefficient (Wildman–Crippen LogP) is 3.00. The number of likely N-dealkylation sites (tertiary alicyclic amines) is 1. The summed E-state index contributed by atoms with van der Waals surface area (Å²) >= 11 is 0. The quantitative estimate of drug-likeness (QED) is 0.776. The van der Waals surface area contributed by atoms with E-state index in [4.69, 9.17) is 0 Å². The summed E-state index contributed by atoms with van der Waals surface area (Å²) in [6, 6.07) is 8.42. The third-order valence-electron chi connectivity index (χ3n) is 4.85. The molecule has 2 aromatic carbocycles. The van der Waals surface area contributed by atoms with E-state index in [0.717, 1.165) is 0 Å².